The summed E-state index contributed by atoms with van der Waals surface area (Å²) >= 11 is 3.43. The number of nitrogens with zero attached hydrogens (tertiary/aromatic N) is 5. The molecule has 53 heavy (non-hydrogen) atoms. The first-order valence-corrected chi connectivity index (χ1v) is 19.0. The zero-order valence-corrected chi connectivity index (χ0v) is 29.7. The Morgan fingerprint density at radius 3 is 1.89 bits per heavy atom. The quantitative estimate of drug-likeness (QED) is 0.171. The highest BCUT2D eigenvalue weighted by molar-refractivity contribution is 7.22. The first kappa shape index (κ1) is 30.1. The largest absolute Gasteiger partial charge is 0.436 e. The molecule has 8 heteroatoms. The first-order valence-electron chi connectivity index (χ1n) is 17.3. The minimum absolute atomic E-state index is 0.613. The van der Waals surface area contributed by atoms with Crippen molar-refractivity contribution in [2.45, 2.75) is 0 Å². The van der Waals surface area contributed by atoms with Crippen LogP contribution in [0.2, 0.25) is 0 Å². The van der Waals surface area contributed by atoms with Gasteiger partial charge in [0.1, 0.15) is 10.5 Å². The van der Waals surface area contributed by atoms with Crippen LogP contribution in [0.4, 0.5) is 17.1 Å². The number of fused-ring (bicyclic) bond motifs is 6. The Morgan fingerprint density at radius 1 is 0.472 bits per heavy atom. The van der Waals surface area contributed by atoms with Crippen molar-refractivity contribution >= 4 is 93.1 Å². The molecular formula is C45H27N5OS2. The predicted octanol–water partition coefficient (Wildman–Crippen LogP) is 12.9. The molecular weight excluding hydrogens is 691 g/mol. The van der Waals surface area contributed by atoms with Crippen LogP contribution < -0.4 is 4.90 Å². The van der Waals surface area contributed by atoms with Gasteiger partial charge in [0.25, 0.3) is 0 Å². The predicted molar refractivity (Wildman–Crippen MR) is 220 cm³/mol. The molecule has 0 fully saturated rings. The fraction of sp³-hybridized carbons (Fsp3) is 0. The average molecular weight is 718 g/mol. The summed E-state index contributed by atoms with van der Waals surface area (Å²) in [5.74, 6) is 0.613. The van der Waals surface area contributed by atoms with Crippen LogP contribution in [-0.4, -0.2) is 19.5 Å². The number of thiazole rings is 2. The summed E-state index contributed by atoms with van der Waals surface area (Å²) < 4.78 is 10.6. The monoisotopic (exact) mass is 717 g/mol. The minimum atomic E-state index is 0.613. The summed E-state index contributed by atoms with van der Waals surface area (Å²) in [4.78, 5) is 17.2. The van der Waals surface area contributed by atoms with Gasteiger partial charge in [-0.05, 0) is 97.1 Å². The van der Waals surface area contributed by atoms with Gasteiger partial charge in [0.2, 0.25) is 5.89 Å². The lowest BCUT2D eigenvalue weighted by atomic mass is 10.1. The van der Waals surface area contributed by atoms with Gasteiger partial charge in [-0.25, -0.2) is 15.0 Å². The Bertz CT molecular complexity index is 3050. The Hall–Kier alpha value is -6.61. The molecule has 0 bridgehead atoms. The van der Waals surface area contributed by atoms with E-state index in [0.29, 0.717) is 5.89 Å². The number of rotatable bonds is 6. The van der Waals surface area contributed by atoms with Crippen molar-refractivity contribution in [1.29, 1.82) is 0 Å². The third kappa shape index (κ3) is 5.03. The Balaban J connectivity index is 0.953. The van der Waals surface area contributed by atoms with Crippen molar-refractivity contribution in [3.8, 4) is 27.2 Å². The van der Waals surface area contributed by atoms with E-state index in [-0.39, 0.29) is 0 Å². The number of oxazole rings is 1. The second kappa shape index (κ2) is 12.0. The molecule has 250 valence electrons. The van der Waals surface area contributed by atoms with Gasteiger partial charge >= 0.3 is 0 Å². The molecule has 4 aromatic heterocycles. The number of hydrogen-bond donors (Lipinski definition) is 0. The molecule has 4 heterocycles. The zero-order valence-electron chi connectivity index (χ0n) is 28.0. The summed E-state index contributed by atoms with van der Waals surface area (Å²) in [6.07, 6.45) is 0. The summed E-state index contributed by atoms with van der Waals surface area (Å²) in [6.45, 7) is 0. The van der Waals surface area contributed by atoms with Crippen LogP contribution in [0.25, 0.3) is 80.5 Å². The molecule has 0 aliphatic heterocycles. The van der Waals surface area contributed by atoms with Gasteiger partial charge < -0.3 is 9.32 Å². The fourth-order valence-corrected chi connectivity index (χ4v) is 9.25. The highest BCUT2D eigenvalue weighted by Gasteiger charge is 2.18. The number of para-hydroxylation sites is 5. The molecule has 11 aromatic rings. The lowest BCUT2D eigenvalue weighted by molar-refractivity contribution is 0.620. The Labute approximate surface area is 311 Å². The van der Waals surface area contributed by atoms with Crippen molar-refractivity contribution < 1.29 is 4.42 Å². The Kier molecular flexibility index (Phi) is 6.80. The molecule has 0 atom stereocenters. The number of benzene rings is 7. The van der Waals surface area contributed by atoms with Crippen LogP contribution in [0.15, 0.2) is 168 Å². The van der Waals surface area contributed by atoms with E-state index in [1.54, 1.807) is 22.7 Å². The molecule has 11 rings (SSSR count). The lowest BCUT2D eigenvalue weighted by Gasteiger charge is -2.25. The fourth-order valence-electron chi connectivity index (χ4n) is 7.22. The topological polar surface area (TPSA) is 60.0 Å². The van der Waals surface area contributed by atoms with Crippen LogP contribution in [-0.2, 0) is 0 Å². The maximum Gasteiger partial charge on any atom is 0.227 e. The molecule has 0 unspecified atom stereocenters. The molecule has 0 saturated heterocycles. The number of anilines is 3. The van der Waals surface area contributed by atoms with Crippen molar-refractivity contribution in [1.82, 2.24) is 19.5 Å². The molecule has 0 aliphatic carbocycles. The van der Waals surface area contributed by atoms with Crippen molar-refractivity contribution in [2.24, 2.45) is 0 Å². The normalized spacial score (nSPS) is 11.8. The van der Waals surface area contributed by atoms with E-state index in [9.17, 15) is 0 Å². The Morgan fingerprint density at radius 2 is 1.09 bits per heavy atom. The molecule has 0 amide bonds. The van der Waals surface area contributed by atoms with Gasteiger partial charge in [-0.1, -0.05) is 78.1 Å². The lowest BCUT2D eigenvalue weighted by Crippen LogP contribution is -2.09. The highest BCUT2D eigenvalue weighted by atomic mass is 32.1. The van der Waals surface area contributed by atoms with Crippen molar-refractivity contribution in [3.63, 3.8) is 0 Å². The summed E-state index contributed by atoms with van der Waals surface area (Å²) in [5, 5.41) is 4.42. The zero-order chi connectivity index (χ0) is 34.9. The summed E-state index contributed by atoms with van der Waals surface area (Å²) in [7, 11) is 0. The van der Waals surface area contributed by atoms with E-state index in [1.807, 2.05) is 30.3 Å². The van der Waals surface area contributed by atoms with Crippen LogP contribution in [0.3, 0.4) is 0 Å². The summed E-state index contributed by atoms with van der Waals surface area (Å²) in [6, 6.07) is 56.8. The van der Waals surface area contributed by atoms with Gasteiger partial charge in [0.05, 0.1) is 31.5 Å². The van der Waals surface area contributed by atoms with Crippen LogP contribution in [0.5, 0.6) is 0 Å². The maximum absolute atomic E-state index is 6.05. The molecule has 7 aromatic carbocycles. The second-order valence-electron chi connectivity index (χ2n) is 12.9. The van der Waals surface area contributed by atoms with E-state index in [4.69, 9.17) is 19.4 Å². The molecule has 0 radical (unpaired) electrons. The van der Waals surface area contributed by atoms with E-state index < -0.39 is 0 Å². The van der Waals surface area contributed by atoms with Crippen molar-refractivity contribution in [3.05, 3.63) is 164 Å². The maximum atomic E-state index is 6.05. The van der Waals surface area contributed by atoms with E-state index in [2.05, 4.69) is 143 Å². The number of hydrogen-bond acceptors (Lipinski definition) is 7. The molecule has 6 nitrogen and oxygen atoms in total. The smallest absolute Gasteiger partial charge is 0.227 e. The van der Waals surface area contributed by atoms with Crippen LogP contribution >= 0.6 is 22.7 Å². The van der Waals surface area contributed by atoms with Crippen LogP contribution in [0, 0.1) is 0 Å². The van der Waals surface area contributed by atoms with Gasteiger partial charge in [-0.2, -0.15) is 0 Å². The van der Waals surface area contributed by atoms with Gasteiger partial charge in [0, 0.05) is 39.0 Å². The SMILES string of the molecule is c1ccc(N(c2ccc(-c3nc4ccccc4o3)cc2)c2ccc3nc(-c4ccc5nc(-n6c7ccccc7c7ccccc76)sc5c4)sc3c2)cc1. The molecule has 0 aliphatic rings. The third-order valence-corrected chi connectivity index (χ3v) is 11.8. The minimum Gasteiger partial charge on any atom is -0.436 e. The third-order valence-electron chi connectivity index (χ3n) is 9.71. The second-order valence-corrected chi connectivity index (χ2v) is 15.0. The standard InChI is InChI=1S/C45H27N5OS2/c1-2-10-30(11-3-1)49(31-21-18-28(19-22-31)43-46-35-14-6-9-17-40(35)51-43)32-23-25-36-42(27-32)52-44(47-36)29-20-24-37-41(26-29)53-45(48-37)50-38-15-7-4-12-33(38)34-13-5-8-16-39(34)50/h1-27H. The van der Waals surface area contributed by atoms with Crippen molar-refractivity contribution in [2.75, 3.05) is 4.90 Å². The van der Waals surface area contributed by atoms with Gasteiger partial charge in [0.15, 0.2) is 10.7 Å². The first-order chi connectivity index (χ1) is 26.2. The number of aromatic nitrogens is 4. The molecule has 0 spiro atoms. The highest BCUT2D eigenvalue weighted by Crippen LogP contribution is 2.41. The average Bonchev–Trinajstić information content (AvgIpc) is 4.01. The van der Waals surface area contributed by atoms with E-state index in [0.717, 1.165) is 69.9 Å². The van der Waals surface area contributed by atoms with E-state index in [1.165, 1.54) is 21.8 Å². The van der Waals surface area contributed by atoms with Gasteiger partial charge in [-0.15, -0.1) is 11.3 Å². The van der Waals surface area contributed by atoms with Gasteiger partial charge in [-0.3, -0.25) is 4.57 Å². The van der Waals surface area contributed by atoms with Crippen LogP contribution in [0.1, 0.15) is 0 Å². The van der Waals surface area contributed by atoms with E-state index >= 15 is 0 Å². The molecule has 0 saturated carbocycles. The summed E-state index contributed by atoms with van der Waals surface area (Å²) in [5.41, 5.74) is 11.1. The molecule has 0 N–H and O–H groups in total.